The van der Waals surface area contributed by atoms with Gasteiger partial charge in [0.1, 0.15) is 18.1 Å². The topological polar surface area (TPSA) is 73.4 Å². The van der Waals surface area contributed by atoms with Crippen LogP contribution in [0.15, 0.2) is 40.8 Å². The molecule has 1 aliphatic heterocycles. The SMILES string of the molecule is Cc1ccccc1OCc1ccc(C(=O)N2CCn3c(nnc3C(F)(F)F)C2C)o1. The molecular weight excluding hydrogens is 401 g/mol. The number of halogens is 3. The second-order valence-corrected chi connectivity index (χ2v) is 7.03. The number of rotatable bonds is 4. The fraction of sp³-hybridized carbons (Fsp3) is 0.350. The van der Waals surface area contributed by atoms with E-state index in [1.54, 1.807) is 13.0 Å². The number of aryl methyl sites for hydroxylation is 1. The largest absolute Gasteiger partial charge is 0.485 e. The molecule has 0 saturated carbocycles. The van der Waals surface area contributed by atoms with Gasteiger partial charge < -0.3 is 18.6 Å². The van der Waals surface area contributed by atoms with Crippen molar-refractivity contribution in [3.8, 4) is 5.75 Å². The van der Waals surface area contributed by atoms with Gasteiger partial charge in [0.25, 0.3) is 5.91 Å². The molecule has 0 N–H and O–H groups in total. The molecule has 1 atom stereocenters. The Morgan fingerprint density at radius 2 is 1.97 bits per heavy atom. The number of nitrogens with zero attached hydrogens (tertiary/aromatic N) is 4. The van der Waals surface area contributed by atoms with Crippen molar-refractivity contribution in [2.45, 2.75) is 39.2 Å². The number of benzene rings is 1. The number of carbonyl (C=O) groups is 1. The normalized spacial score (nSPS) is 16.4. The van der Waals surface area contributed by atoms with E-state index in [0.29, 0.717) is 11.5 Å². The molecule has 1 aromatic carbocycles. The van der Waals surface area contributed by atoms with E-state index >= 15 is 0 Å². The number of para-hydroxylation sites is 1. The van der Waals surface area contributed by atoms with E-state index in [9.17, 15) is 18.0 Å². The molecule has 3 aromatic rings. The maximum Gasteiger partial charge on any atom is 0.451 e. The molecule has 0 radical (unpaired) electrons. The van der Waals surface area contributed by atoms with Crippen molar-refractivity contribution in [1.29, 1.82) is 0 Å². The number of aromatic nitrogens is 3. The zero-order chi connectivity index (χ0) is 21.5. The zero-order valence-electron chi connectivity index (χ0n) is 16.3. The van der Waals surface area contributed by atoms with Gasteiger partial charge in [0.15, 0.2) is 11.6 Å². The number of furan rings is 1. The van der Waals surface area contributed by atoms with E-state index in [2.05, 4.69) is 10.2 Å². The lowest BCUT2D eigenvalue weighted by Gasteiger charge is -2.33. The Bertz CT molecular complexity index is 1070. The standard InChI is InChI=1S/C20H19F3N4O3/c1-12-5-3-4-6-15(12)29-11-14-7-8-16(30-14)18(28)26-9-10-27-17(13(26)2)24-25-19(27)20(21,22)23/h3-8,13H,9-11H2,1-2H3. The van der Waals surface area contributed by atoms with Crippen LogP contribution in [-0.4, -0.2) is 32.1 Å². The van der Waals surface area contributed by atoms with Crippen molar-refractivity contribution >= 4 is 5.91 Å². The van der Waals surface area contributed by atoms with Crippen molar-refractivity contribution in [2.75, 3.05) is 6.54 Å². The molecule has 0 fully saturated rings. The van der Waals surface area contributed by atoms with Crippen LogP contribution in [0, 0.1) is 6.92 Å². The molecular formula is C20H19F3N4O3. The Morgan fingerprint density at radius 1 is 1.20 bits per heavy atom. The van der Waals surface area contributed by atoms with Crippen LogP contribution in [0.5, 0.6) is 5.75 Å². The fourth-order valence-electron chi connectivity index (χ4n) is 3.45. The lowest BCUT2D eigenvalue weighted by Crippen LogP contribution is -2.41. The van der Waals surface area contributed by atoms with Crippen LogP contribution >= 0.6 is 0 Å². The number of hydrogen-bond acceptors (Lipinski definition) is 5. The van der Waals surface area contributed by atoms with Gasteiger partial charge in [-0.25, -0.2) is 0 Å². The molecule has 1 amide bonds. The first-order chi connectivity index (χ1) is 14.3. The molecule has 158 valence electrons. The summed E-state index contributed by atoms with van der Waals surface area (Å²) in [5.41, 5.74) is 0.977. The molecule has 10 heteroatoms. The van der Waals surface area contributed by atoms with E-state index in [-0.39, 0.29) is 31.3 Å². The predicted octanol–water partition coefficient (Wildman–Crippen LogP) is 3.99. The van der Waals surface area contributed by atoms with E-state index in [1.165, 1.54) is 11.0 Å². The molecule has 4 rings (SSSR count). The Kier molecular flexibility index (Phi) is 5.00. The molecule has 0 spiro atoms. The summed E-state index contributed by atoms with van der Waals surface area (Å²) in [5.74, 6) is -0.108. The van der Waals surface area contributed by atoms with Gasteiger partial charge in [-0.1, -0.05) is 18.2 Å². The monoisotopic (exact) mass is 420 g/mol. The maximum absolute atomic E-state index is 13.0. The van der Waals surface area contributed by atoms with Gasteiger partial charge in [0.2, 0.25) is 5.82 Å². The maximum atomic E-state index is 13.0. The number of amides is 1. The number of ether oxygens (including phenoxy) is 1. The fourth-order valence-corrected chi connectivity index (χ4v) is 3.45. The molecule has 2 aromatic heterocycles. The van der Waals surface area contributed by atoms with Crippen LogP contribution in [0.4, 0.5) is 13.2 Å². The lowest BCUT2D eigenvalue weighted by molar-refractivity contribution is -0.148. The van der Waals surface area contributed by atoms with Crippen LogP contribution in [-0.2, 0) is 19.3 Å². The zero-order valence-corrected chi connectivity index (χ0v) is 16.3. The quantitative estimate of drug-likeness (QED) is 0.638. The summed E-state index contributed by atoms with van der Waals surface area (Å²) in [4.78, 5) is 14.3. The van der Waals surface area contributed by atoms with Gasteiger partial charge in [-0.3, -0.25) is 4.79 Å². The number of hydrogen-bond donors (Lipinski definition) is 0. The van der Waals surface area contributed by atoms with Gasteiger partial charge in [-0.05, 0) is 37.6 Å². The smallest absolute Gasteiger partial charge is 0.451 e. The predicted molar refractivity (Wildman–Crippen MR) is 98.7 cm³/mol. The van der Waals surface area contributed by atoms with Gasteiger partial charge in [-0.2, -0.15) is 13.2 Å². The van der Waals surface area contributed by atoms with Crippen molar-refractivity contribution in [1.82, 2.24) is 19.7 Å². The third-order valence-electron chi connectivity index (χ3n) is 5.04. The average Bonchev–Trinajstić information content (AvgIpc) is 3.34. The van der Waals surface area contributed by atoms with Gasteiger partial charge in [0.05, 0.1) is 6.04 Å². The molecule has 1 aliphatic rings. The molecule has 0 bridgehead atoms. The summed E-state index contributed by atoms with van der Waals surface area (Å²) in [7, 11) is 0. The minimum atomic E-state index is -4.59. The first-order valence-corrected chi connectivity index (χ1v) is 9.34. The van der Waals surface area contributed by atoms with Gasteiger partial charge >= 0.3 is 6.18 Å². The number of carbonyl (C=O) groups excluding carboxylic acids is 1. The first-order valence-electron chi connectivity index (χ1n) is 9.34. The minimum absolute atomic E-state index is 0.0444. The van der Waals surface area contributed by atoms with Crippen molar-refractivity contribution < 1.29 is 27.1 Å². The van der Waals surface area contributed by atoms with Crippen LogP contribution < -0.4 is 4.74 Å². The lowest BCUT2D eigenvalue weighted by atomic mass is 10.2. The highest BCUT2D eigenvalue weighted by Gasteiger charge is 2.42. The number of fused-ring (bicyclic) bond motifs is 1. The summed E-state index contributed by atoms with van der Waals surface area (Å²) in [6, 6.07) is 10.0. The summed E-state index contributed by atoms with van der Waals surface area (Å²) in [5, 5.41) is 6.92. The highest BCUT2D eigenvalue weighted by Crippen LogP contribution is 2.33. The third-order valence-corrected chi connectivity index (χ3v) is 5.04. The Labute approximate surface area is 170 Å². The third kappa shape index (κ3) is 3.64. The van der Waals surface area contributed by atoms with Gasteiger partial charge in [-0.15, -0.1) is 10.2 Å². The Hall–Kier alpha value is -3.30. The van der Waals surface area contributed by atoms with Crippen LogP contribution in [0.2, 0.25) is 0 Å². The van der Waals surface area contributed by atoms with Crippen molar-refractivity contribution in [3.63, 3.8) is 0 Å². The number of alkyl halides is 3. The van der Waals surface area contributed by atoms with E-state index < -0.39 is 23.9 Å². The van der Waals surface area contributed by atoms with E-state index in [1.807, 2.05) is 31.2 Å². The van der Waals surface area contributed by atoms with Crippen LogP contribution in [0.25, 0.3) is 0 Å². The summed E-state index contributed by atoms with van der Waals surface area (Å²) >= 11 is 0. The summed E-state index contributed by atoms with van der Waals surface area (Å²) < 4.78 is 51.5. The second-order valence-electron chi connectivity index (χ2n) is 7.03. The second kappa shape index (κ2) is 7.51. The van der Waals surface area contributed by atoms with E-state index in [0.717, 1.165) is 10.1 Å². The molecule has 7 nitrogen and oxygen atoms in total. The van der Waals surface area contributed by atoms with Crippen LogP contribution in [0.3, 0.4) is 0 Å². The average molecular weight is 420 g/mol. The molecule has 3 heterocycles. The molecule has 0 saturated heterocycles. The minimum Gasteiger partial charge on any atom is -0.485 e. The molecule has 30 heavy (non-hydrogen) atoms. The first kappa shape index (κ1) is 20.0. The highest BCUT2D eigenvalue weighted by molar-refractivity contribution is 5.91. The van der Waals surface area contributed by atoms with Gasteiger partial charge in [0, 0.05) is 13.1 Å². The van der Waals surface area contributed by atoms with Crippen molar-refractivity contribution in [3.05, 3.63) is 65.1 Å². The Morgan fingerprint density at radius 3 is 2.70 bits per heavy atom. The molecule has 0 aliphatic carbocycles. The highest BCUT2D eigenvalue weighted by atomic mass is 19.4. The molecule has 1 unspecified atom stereocenters. The van der Waals surface area contributed by atoms with Crippen LogP contribution in [0.1, 0.15) is 46.5 Å². The Balaban J connectivity index is 1.47. The van der Waals surface area contributed by atoms with E-state index in [4.69, 9.17) is 9.15 Å². The van der Waals surface area contributed by atoms with Crippen molar-refractivity contribution in [2.24, 2.45) is 0 Å². The summed E-state index contributed by atoms with van der Waals surface area (Å²) in [6.45, 7) is 3.73. The summed E-state index contributed by atoms with van der Waals surface area (Å²) in [6.07, 6.45) is -4.59.